The number of hydrogen-bond donors (Lipinski definition) is 1. The van der Waals surface area contributed by atoms with Gasteiger partial charge in [-0.3, -0.25) is 0 Å². The van der Waals surface area contributed by atoms with Crippen LogP contribution in [0.2, 0.25) is 0 Å². The fourth-order valence-corrected chi connectivity index (χ4v) is 2.67. The second-order valence-electron chi connectivity index (χ2n) is 5.18. The van der Waals surface area contributed by atoms with Crippen LogP contribution in [0, 0.1) is 6.92 Å². The third-order valence-corrected chi connectivity index (χ3v) is 3.72. The summed E-state index contributed by atoms with van der Waals surface area (Å²) in [7, 11) is 0. The van der Waals surface area contributed by atoms with Crippen molar-refractivity contribution >= 4 is 0 Å². The van der Waals surface area contributed by atoms with E-state index in [1.165, 1.54) is 0 Å². The highest BCUT2D eigenvalue weighted by Crippen LogP contribution is 2.34. The van der Waals surface area contributed by atoms with Gasteiger partial charge in [0, 0.05) is 12.0 Å². The second-order valence-corrected chi connectivity index (χ2v) is 5.18. The normalized spacial score (nSPS) is 15.5. The standard InChI is InChI=1S/C17H21NO3/c1-3-18-17(14-7-10-19-12(14)2)13-5-6-15-16(11-13)21-9-4-8-20-15/h5-7,10-11,17-18H,3-4,8-9H2,1-2H3. The maximum absolute atomic E-state index is 5.79. The average molecular weight is 287 g/mol. The summed E-state index contributed by atoms with van der Waals surface area (Å²) in [5.41, 5.74) is 2.32. The van der Waals surface area contributed by atoms with Crippen molar-refractivity contribution in [2.45, 2.75) is 26.3 Å². The minimum atomic E-state index is 0.103. The average Bonchev–Trinajstić information content (AvgIpc) is 2.78. The lowest BCUT2D eigenvalue weighted by Crippen LogP contribution is -2.22. The summed E-state index contributed by atoms with van der Waals surface area (Å²) in [5.74, 6) is 2.59. The Morgan fingerprint density at radius 1 is 1.14 bits per heavy atom. The molecule has 0 radical (unpaired) electrons. The topological polar surface area (TPSA) is 43.6 Å². The van der Waals surface area contributed by atoms with E-state index in [9.17, 15) is 0 Å². The first-order chi connectivity index (χ1) is 10.3. The number of fused-ring (bicyclic) bond motifs is 1. The zero-order valence-electron chi connectivity index (χ0n) is 12.5. The Kier molecular flexibility index (Phi) is 4.15. The molecule has 1 aliphatic rings. The lowest BCUT2D eigenvalue weighted by molar-refractivity contribution is 0.297. The predicted octanol–water partition coefficient (Wildman–Crippen LogP) is 3.45. The molecule has 2 heterocycles. The van der Waals surface area contributed by atoms with Crippen molar-refractivity contribution < 1.29 is 13.9 Å². The van der Waals surface area contributed by atoms with Crippen molar-refractivity contribution in [1.82, 2.24) is 5.32 Å². The molecule has 1 atom stereocenters. The fraction of sp³-hybridized carbons (Fsp3) is 0.412. The van der Waals surface area contributed by atoms with Crippen molar-refractivity contribution in [3.05, 3.63) is 47.4 Å². The molecular formula is C17H21NO3. The van der Waals surface area contributed by atoms with E-state index in [4.69, 9.17) is 13.9 Å². The van der Waals surface area contributed by atoms with Gasteiger partial charge in [-0.15, -0.1) is 0 Å². The Morgan fingerprint density at radius 2 is 1.95 bits per heavy atom. The molecule has 0 spiro atoms. The summed E-state index contributed by atoms with van der Waals surface area (Å²) in [5, 5.41) is 3.51. The van der Waals surface area contributed by atoms with Gasteiger partial charge in [-0.05, 0) is 37.2 Å². The SMILES string of the molecule is CCNC(c1ccc2c(c1)OCCCO2)c1ccoc1C. The Labute approximate surface area is 125 Å². The van der Waals surface area contributed by atoms with Gasteiger partial charge >= 0.3 is 0 Å². The van der Waals surface area contributed by atoms with Crippen LogP contribution in [-0.2, 0) is 0 Å². The molecule has 0 aliphatic carbocycles. The van der Waals surface area contributed by atoms with E-state index in [0.717, 1.165) is 41.4 Å². The van der Waals surface area contributed by atoms with Gasteiger partial charge in [0.15, 0.2) is 11.5 Å². The number of ether oxygens (including phenoxy) is 2. The number of benzene rings is 1. The van der Waals surface area contributed by atoms with Crippen molar-refractivity contribution in [1.29, 1.82) is 0 Å². The molecule has 21 heavy (non-hydrogen) atoms. The highest BCUT2D eigenvalue weighted by atomic mass is 16.5. The smallest absolute Gasteiger partial charge is 0.161 e. The van der Waals surface area contributed by atoms with Crippen LogP contribution in [0.15, 0.2) is 34.9 Å². The summed E-state index contributed by atoms with van der Waals surface area (Å²) in [4.78, 5) is 0. The van der Waals surface area contributed by atoms with E-state index < -0.39 is 0 Å². The van der Waals surface area contributed by atoms with Crippen LogP contribution in [-0.4, -0.2) is 19.8 Å². The molecular weight excluding hydrogens is 266 g/mol. The lowest BCUT2D eigenvalue weighted by atomic mass is 9.98. The zero-order chi connectivity index (χ0) is 14.7. The van der Waals surface area contributed by atoms with Gasteiger partial charge in [0.25, 0.3) is 0 Å². The van der Waals surface area contributed by atoms with E-state index >= 15 is 0 Å². The summed E-state index contributed by atoms with van der Waals surface area (Å²) in [6.45, 7) is 6.38. The van der Waals surface area contributed by atoms with Gasteiger partial charge < -0.3 is 19.2 Å². The predicted molar refractivity (Wildman–Crippen MR) is 81.0 cm³/mol. The molecule has 3 rings (SSSR count). The van der Waals surface area contributed by atoms with Gasteiger partial charge in [0.1, 0.15) is 5.76 Å². The van der Waals surface area contributed by atoms with Crippen molar-refractivity contribution in [3.8, 4) is 11.5 Å². The van der Waals surface area contributed by atoms with E-state index in [0.29, 0.717) is 13.2 Å². The third-order valence-electron chi connectivity index (χ3n) is 3.72. The minimum Gasteiger partial charge on any atom is -0.490 e. The van der Waals surface area contributed by atoms with Gasteiger partial charge in [-0.2, -0.15) is 0 Å². The van der Waals surface area contributed by atoms with E-state index in [1.807, 2.05) is 19.1 Å². The van der Waals surface area contributed by atoms with Gasteiger partial charge in [-0.25, -0.2) is 0 Å². The van der Waals surface area contributed by atoms with Gasteiger partial charge in [0.05, 0.1) is 25.5 Å². The maximum Gasteiger partial charge on any atom is 0.161 e. The first-order valence-electron chi connectivity index (χ1n) is 7.46. The van der Waals surface area contributed by atoms with Gasteiger partial charge in [0.2, 0.25) is 0 Å². The monoisotopic (exact) mass is 287 g/mol. The number of nitrogens with one attached hydrogen (secondary N) is 1. The van der Waals surface area contributed by atoms with Crippen LogP contribution in [0.25, 0.3) is 0 Å². The van der Waals surface area contributed by atoms with E-state index in [1.54, 1.807) is 6.26 Å². The summed E-state index contributed by atoms with van der Waals surface area (Å²) in [6, 6.07) is 8.28. The molecule has 0 saturated carbocycles. The van der Waals surface area contributed by atoms with E-state index in [2.05, 4.69) is 24.4 Å². The third kappa shape index (κ3) is 2.90. The number of aryl methyl sites for hydroxylation is 1. The Hall–Kier alpha value is -1.94. The summed E-state index contributed by atoms with van der Waals surface area (Å²) >= 11 is 0. The Balaban J connectivity index is 1.96. The molecule has 1 unspecified atom stereocenters. The molecule has 112 valence electrons. The minimum absolute atomic E-state index is 0.103. The quantitative estimate of drug-likeness (QED) is 0.935. The van der Waals surface area contributed by atoms with Crippen LogP contribution >= 0.6 is 0 Å². The molecule has 1 aromatic carbocycles. The molecule has 0 fully saturated rings. The van der Waals surface area contributed by atoms with Crippen LogP contribution in [0.3, 0.4) is 0 Å². The highest BCUT2D eigenvalue weighted by molar-refractivity contribution is 5.46. The molecule has 1 aromatic heterocycles. The van der Waals surface area contributed by atoms with Gasteiger partial charge in [-0.1, -0.05) is 13.0 Å². The van der Waals surface area contributed by atoms with Crippen LogP contribution < -0.4 is 14.8 Å². The molecule has 2 aromatic rings. The molecule has 1 aliphatic heterocycles. The first kappa shape index (κ1) is 14.0. The molecule has 1 N–H and O–H groups in total. The molecule has 0 bridgehead atoms. The van der Waals surface area contributed by atoms with Crippen molar-refractivity contribution in [3.63, 3.8) is 0 Å². The van der Waals surface area contributed by atoms with Crippen LogP contribution in [0.5, 0.6) is 11.5 Å². The summed E-state index contributed by atoms with van der Waals surface area (Å²) in [6.07, 6.45) is 2.65. The second kappa shape index (κ2) is 6.22. The van der Waals surface area contributed by atoms with E-state index in [-0.39, 0.29) is 6.04 Å². The molecule has 4 heteroatoms. The molecule has 0 saturated heterocycles. The Morgan fingerprint density at radius 3 is 2.67 bits per heavy atom. The highest BCUT2D eigenvalue weighted by Gasteiger charge is 2.20. The lowest BCUT2D eigenvalue weighted by Gasteiger charge is -2.19. The molecule has 0 amide bonds. The van der Waals surface area contributed by atoms with Crippen molar-refractivity contribution in [2.24, 2.45) is 0 Å². The number of furan rings is 1. The first-order valence-corrected chi connectivity index (χ1v) is 7.46. The zero-order valence-corrected chi connectivity index (χ0v) is 12.5. The number of rotatable bonds is 4. The Bertz CT molecular complexity index is 606. The number of hydrogen-bond acceptors (Lipinski definition) is 4. The van der Waals surface area contributed by atoms with Crippen LogP contribution in [0.4, 0.5) is 0 Å². The largest absolute Gasteiger partial charge is 0.490 e. The maximum atomic E-state index is 5.79. The van der Waals surface area contributed by atoms with Crippen molar-refractivity contribution in [2.75, 3.05) is 19.8 Å². The van der Waals surface area contributed by atoms with Crippen LogP contribution in [0.1, 0.15) is 36.3 Å². The summed E-state index contributed by atoms with van der Waals surface area (Å²) < 4.78 is 16.9. The molecule has 4 nitrogen and oxygen atoms in total. The fourth-order valence-electron chi connectivity index (χ4n) is 2.67.